The Morgan fingerprint density at radius 2 is 1.89 bits per heavy atom. The maximum atomic E-state index is 17.3. The van der Waals surface area contributed by atoms with Crippen LogP contribution in [0.25, 0.3) is 16.3 Å². The van der Waals surface area contributed by atoms with E-state index in [2.05, 4.69) is 42.2 Å². The van der Waals surface area contributed by atoms with Crippen LogP contribution in [0, 0.1) is 17.3 Å². The van der Waals surface area contributed by atoms with Crippen LogP contribution >= 0.6 is 0 Å². The van der Waals surface area contributed by atoms with Crippen LogP contribution in [0.5, 0.6) is 0 Å². The number of likely N-dealkylation sites (N-methyl/N-ethyl adjacent to an activating group) is 1. The highest BCUT2D eigenvalue weighted by Gasteiger charge is 2.77. The first kappa shape index (κ1) is 23.3. The number of pyridine rings is 1. The minimum absolute atomic E-state index is 0.0537. The molecular weight excluding hydrogens is 455 g/mol. The number of aliphatic hydroxyl groups excluding tert-OH is 2. The fraction of sp³-hybridized carbons (Fsp3) is 0.633. The highest BCUT2D eigenvalue weighted by molar-refractivity contribution is 5.95. The van der Waals surface area contributed by atoms with Crippen LogP contribution in [-0.2, 0) is 4.74 Å². The van der Waals surface area contributed by atoms with Gasteiger partial charge in [-0.2, -0.15) is 0 Å². The lowest BCUT2D eigenvalue weighted by Gasteiger charge is -2.64. The van der Waals surface area contributed by atoms with E-state index < -0.39 is 29.1 Å². The zero-order valence-corrected chi connectivity index (χ0v) is 21.5. The first-order valence-electron chi connectivity index (χ1n) is 13.6. The second-order valence-corrected chi connectivity index (χ2v) is 12.8. The molecule has 2 N–H and O–H groups in total. The van der Waals surface area contributed by atoms with Gasteiger partial charge in [0.05, 0.1) is 17.8 Å². The molecule has 2 bridgehead atoms. The van der Waals surface area contributed by atoms with Crippen molar-refractivity contribution in [3.8, 4) is 0 Å². The van der Waals surface area contributed by atoms with Gasteiger partial charge in [-0.3, -0.25) is 4.98 Å². The lowest BCUT2D eigenvalue weighted by Crippen LogP contribution is -2.72. The van der Waals surface area contributed by atoms with Crippen LogP contribution in [0.2, 0.25) is 0 Å². The molecule has 0 amide bonds. The third-order valence-electron chi connectivity index (χ3n) is 11.2. The molecule has 9 atom stereocenters. The molecule has 9 unspecified atom stereocenters. The van der Waals surface area contributed by atoms with Crippen molar-refractivity contribution in [1.82, 2.24) is 9.88 Å². The van der Waals surface area contributed by atoms with E-state index >= 15 is 4.39 Å². The second-order valence-electron chi connectivity index (χ2n) is 12.8. The molecule has 2 saturated carbocycles. The van der Waals surface area contributed by atoms with Crippen LogP contribution in [0.15, 0.2) is 42.7 Å². The molecule has 6 heteroatoms. The Kier molecular flexibility index (Phi) is 4.77. The number of aliphatic hydroxyl groups is 2. The molecule has 192 valence electrons. The topological polar surface area (TPSA) is 65.8 Å². The molecule has 36 heavy (non-hydrogen) atoms. The number of alkyl halides is 1. The van der Waals surface area contributed by atoms with Crippen LogP contribution in [0.3, 0.4) is 0 Å². The number of aromatic nitrogens is 1. The smallest absolute Gasteiger partial charge is 0.140 e. The van der Waals surface area contributed by atoms with Crippen molar-refractivity contribution < 1.29 is 19.3 Å². The van der Waals surface area contributed by atoms with Gasteiger partial charge < -0.3 is 19.8 Å². The van der Waals surface area contributed by atoms with Gasteiger partial charge in [-0.05, 0) is 87.0 Å². The van der Waals surface area contributed by atoms with Gasteiger partial charge in [-0.1, -0.05) is 31.2 Å². The minimum atomic E-state index is -1.49. The molecule has 1 aromatic heterocycles. The van der Waals surface area contributed by atoms with E-state index in [1.807, 2.05) is 31.4 Å². The summed E-state index contributed by atoms with van der Waals surface area (Å²) in [6.45, 7) is 2.33. The van der Waals surface area contributed by atoms with Gasteiger partial charge in [-0.25, -0.2) is 4.39 Å². The Labute approximate surface area is 212 Å². The SMILES string of the molecule is CN(C)C1CC23CCC4(O2)C2CC=C(c5cccc6cnccc56)C2(C)CCC4(F)CC3C(O)C1O. The Morgan fingerprint density at radius 1 is 1.06 bits per heavy atom. The summed E-state index contributed by atoms with van der Waals surface area (Å²) in [6.07, 6.45) is 8.61. The Balaban J connectivity index is 1.30. The van der Waals surface area contributed by atoms with Crippen molar-refractivity contribution in [2.75, 3.05) is 14.1 Å². The van der Waals surface area contributed by atoms with E-state index in [0.717, 1.165) is 24.6 Å². The number of nitrogens with zero attached hydrogens (tertiary/aromatic N) is 2. The molecule has 2 aromatic rings. The minimum Gasteiger partial charge on any atom is -0.390 e. The molecule has 3 aliphatic carbocycles. The molecule has 7 rings (SSSR count). The fourth-order valence-corrected chi connectivity index (χ4v) is 9.34. The normalized spacial score (nSPS) is 47.4. The van der Waals surface area contributed by atoms with Gasteiger partial charge in [0.15, 0.2) is 0 Å². The fourth-order valence-electron chi connectivity index (χ4n) is 9.34. The summed E-state index contributed by atoms with van der Waals surface area (Å²) in [5.74, 6) is -0.314. The van der Waals surface area contributed by atoms with E-state index in [1.54, 1.807) is 0 Å². The monoisotopic (exact) mass is 492 g/mol. The van der Waals surface area contributed by atoms with Crippen molar-refractivity contribution in [2.24, 2.45) is 17.3 Å². The molecule has 1 aromatic carbocycles. The van der Waals surface area contributed by atoms with Crippen molar-refractivity contribution in [3.63, 3.8) is 0 Å². The van der Waals surface area contributed by atoms with Crippen LogP contribution < -0.4 is 0 Å². The van der Waals surface area contributed by atoms with E-state index in [9.17, 15) is 10.2 Å². The number of fused-ring (bicyclic) bond motifs is 2. The number of hydrogen-bond acceptors (Lipinski definition) is 5. The van der Waals surface area contributed by atoms with E-state index in [-0.39, 0.29) is 29.7 Å². The maximum absolute atomic E-state index is 17.3. The zero-order chi connectivity index (χ0) is 25.1. The van der Waals surface area contributed by atoms with Crippen LogP contribution in [-0.4, -0.2) is 69.3 Å². The van der Waals surface area contributed by atoms with Gasteiger partial charge >= 0.3 is 0 Å². The van der Waals surface area contributed by atoms with Gasteiger partial charge in [0.1, 0.15) is 11.3 Å². The Hall–Kier alpha value is -1.86. The average molecular weight is 493 g/mol. The number of hydrogen-bond donors (Lipinski definition) is 2. The molecule has 0 radical (unpaired) electrons. The number of rotatable bonds is 2. The van der Waals surface area contributed by atoms with Gasteiger partial charge in [-0.15, -0.1) is 0 Å². The predicted octanol–water partition coefficient (Wildman–Crippen LogP) is 4.51. The first-order valence-corrected chi connectivity index (χ1v) is 13.6. The lowest BCUT2D eigenvalue weighted by molar-refractivity contribution is -0.314. The third kappa shape index (κ3) is 2.72. The number of benzene rings is 1. The summed E-state index contributed by atoms with van der Waals surface area (Å²) in [5, 5.41) is 24.4. The number of halogens is 1. The Bertz CT molecular complexity index is 1260. The van der Waals surface area contributed by atoms with Gasteiger partial charge in [0.25, 0.3) is 0 Å². The number of allylic oxidation sites excluding steroid dienone is 2. The predicted molar refractivity (Wildman–Crippen MR) is 137 cm³/mol. The molecule has 5 nitrogen and oxygen atoms in total. The summed E-state index contributed by atoms with van der Waals surface area (Å²) in [4.78, 5) is 6.30. The summed E-state index contributed by atoms with van der Waals surface area (Å²) in [6, 6.07) is 8.29. The third-order valence-corrected chi connectivity index (χ3v) is 11.2. The van der Waals surface area contributed by atoms with Crippen molar-refractivity contribution in [1.29, 1.82) is 0 Å². The van der Waals surface area contributed by atoms with Crippen molar-refractivity contribution in [2.45, 2.75) is 87.0 Å². The van der Waals surface area contributed by atoms with Crippen molar-refractivity contribution >= 4 is 16.3 Å². The summed E-state index contributed by atoms with van der Waals surface area (Å²) < 4.78 is 24.4. The van der Waals surface area contributed by atoms with Crippen LogP contribution in [0.1, 0.15) is 57.4 Å². The molecular formula is C30H37FN2O3. The van der Waals surface area contributed by atoms with Crippen molar-refractivity contribution in [3.05, 3.63) is 48.3 Å². The first-order chi connectivity index (χ1) is 17.1. The molecule has 4 fully saturated rings. The van der Waals surface area contributed by atoms with Crippen LogP contribution in [0.4, 0.5) is 4.39 Å². The molecule has 2 spiro atoms. The summed E-state index contributed by atoms with van der Waals surface area (Å²) >= 11 is 0. The molecule has 5 aliphatic rings. The Morgan fingerprint density at radius 3 is 2.69 bits per heavy atom. The maximum Gasteiger partial charge on any atom is 0.140 e. The number of ether oxygens (including phenoxy) is 1. The van der Waals surface area contributed by atoms with Gasteiger partial charge in [0.2, 0.25) is 0 Å². The van der Waals surface area contributed by atoms with E-state index in [1.165, 1.54) is 16.5 Å². The van der Waals surface area contributed by atoms with E-state index in [0.29, 0.717) is 19.3 Å². The quantitative estimate of drug-likeness (QED) is 0.646. The second kappa shape index (κ2) is 7.37. The molecule has 2 aliphatic heterocycles. The molecule has 3 heterocycles. The standard InChI is InChI=1S/C30H37FN2O3/c1-27-10-12-29(31)15-22-25(34)26(35)23(33(2)3)16-28(22)11-13-30(29,36-28)24(27)8-7-21(27)20-6-4-5-18-17-32-14-9-19(18)20/h4-7,9,14,17,22-26,34-35H,8,10-13,15-16H2,1-3H3. The lowest BCUT2D eigenvalue weighted by atomic mass is 9.51. The zero-order valence-electron chi connectivity index (χ0n) is 21.5. The highest BCUT2D eigenvalue weighted by Crippen LogP contribution is 2.73. The summed E-state index contributed by atoms with van der Waals surface area (Å²) in [5.41, 5.74) is -0.543. The van der Waals surface area contributed by atoms with E-state index in [4.69, 9.17) is 4.74 Å². The average Bonchev–Trinajstić information content (AvgIpc) is 3.39. The summed E-state index contributed by atoms with van der Waals surface area (Å²) in [7, 11) is 3.88. The molecule has 2 saturated heterocycles. The highest BCUT2D eigenvalue weighted by atomic mass is 19.1. The van der Waals surface area contributed by atoms with Gasteiger partial charge in [0, 0.05) is 35.7 Å². The largest absolute Gasteiger partial charge is 0.390 e.